The van der Waals surface area contributed by atoms with Crippen LogP contribution in [0, 0.1) is 5.92 Å². The van der Waals surface area contributed by atoms with Crippen molar-refractivity contribution in [3.63, 3.8) is 0 Å². The molecule has 53 heavy (non-hydrogen) atoms. The first-order valence-corrected chi connectivity index (χ1v) is 18.7. The molecule has 2 unspecified atom stereocenters. The zero-order valence-corrected chi connectivity index (χ0v) is 29.7. The number of furan rings is 1. The standard InChI is InChI=1S/C50H38N2O/c1-32-24-28-44(51-50(34-16-6-3-7-17-34)52-49(32)33-14-4-2-5-15-33)47-41(27-29-46-48(47)42-22-12-13-23-45(42)53-46)40-26-25-37-30-35-18-8-9-19-36(35)31-43(37)39-21-11-10-20-38(39)40/h2-23,27-32,40H,24-26H2,1H3/b44-28+,51-50?,52-49?. The molecule has 0 N–H and O–H groups in total. The molecule has 0 saturated carbocycles. The van der Waals surface area contributed by atoms with Gasteiger partial charge in [0.15, 0.2) is 5.84 Å². The lowest BCUT2D eigenvalue weighted by Gasteiger charge is -2.24. The lowest BCUT2D eigenvalue weighted by molar-refractivity contribution is 0.668. The van der Waals surface area contributed by atoms with E-state index in [1.807, 2.05) is 0 Å². The first-order chi connectivity index (χ1) is 26.2. The van der Waals surface area contributed by atoms with Gasteiger partial charge in [-0.1, -0.05) is 153 Å². The number of allylic oxidation sites excluding steroid dienone is 1. The number of aryl methyl sites for hydroxylation is 1. The molecule has 2 heterocycles. The second kappa shape index (κ2) is 13.0. The van der Waals surface area contributed by atoms with Gasteiger partial charge in [-0.15, -0.1) is 0 Å². The van der Waals surface area contributed by atoms with E-state index in [2.05, 4.69) is 171 Å². The molecule has 1 aliphatic heterocycles. The summed E-state index contributed by atoms with van der Waals surface area (Å²) in [7, 11) is 0. The van der Waals surface area contributed by atoms with Crippen LogP contribution in [0.5, 0.6) is 0 Å². The fourth-order valence-corrected chi connectivity index (χ4v) is 8.61. The van der Waals surface area contributed by atoms with Gasteiger partial charge in [-0.05, 0) is 81.6 Å². The van der Waals surface area contributed by atoms with E-state index >= 15 is 0 Å². The van der Waals surface area contributed by atoms with Crippen molar-refractivity contribution >= 4 is 50.0 Å². The SMILES string of the molecule is CC1C/C=C(\c2c(C3CCc4cc5ccccc5cc4-c4ccccc43)ccc3oc4ccccc4c23)N=C(c2ccccc2)N=C1c1ccccc1. The third-order valence-corrected chi connectivity index (χ3v) is 11.2. The van der Waals surface area contributed by atoms with E-state index in [0.717, 1.165) is 75.1 Å². The average molecular weight is 683 g/mol. The highest BCUT2D eigenvalue weighted by molar-refractivity contribution is 6.16. The second-order valence-corrected chi connectivity index (χ2v) is 14.4. The number of para-hydroxylation sites is 1. The Morgan fingerprint density at radius 2 is 1.28 bits per heavy atom. The monoisotopic (exact) mass is 682 g/mol. The van der Waals surface area contributed by atoms with Crippen LogP contribution in [0.25, 0.3) is 49.5 Å². The predicted molar refractivity (Wildman–Crippen MR) is 221 cm³/mol. The molecule has 1 aliphatic carbocycles. The van der Waals surface area contributed by atoms with Gasteiger partial charge >= 0.3 is 0 Å². The Morgan fingerprint density at radius 1 is 0.585 bits per heavy atom. The van der Waals surface area contributed by atoms with Gasteiger partial charge in [0.1, 0.15) is 11.2 Å². The summed E-state index contributed by atoms with van der Waals surface area (Å²) in [5.41, 5.74) is 13.7. The number of rotatable bonds is 4. The summed E-state index contributed by atoms with van der Waals surface area (Å²) < 4.78 is 6.58. The molecule has 7 aromatic carbocycles. The molecule has 8 aromatic rings. The quantitative estimate of drug-likeness (QED) is 0.182. The van der Waals surface area contributed by atoms with Gasteiger partial charge in [0.2, 0.25) is 0 Å². The highest BCUT2D eigenvalue weighted by Gasteiger charge is 2.29. The lowest BCUT2D eigenvalue weighted by atomic mass is 9.81. The maximum Gasteiger partial charge on any atom is 0.160 e. The molecular weight excluding hydrogens is 645 g/mol. The number of fused-ring (bicyclic) bond motifs is 7. The Kier molecular flexibility index (Phi) is 7.72. The third kappa shape index (κ3) is 5.52. The van der Waals surface area contributed by atoms with Gasteiger partial charge in [-0.25, -0.2) is 9.98 Å². The molecule has 3 nitrogen and oxygen atoms in total. The van der Waals surface area contributed by atoms with Gasteiger partial charge in [0.05, 0.1) is 11.4 Å². The van der Waals surface area contributed by atoms with Crippen molar-refractivity contribution in [2.45, 2.75) is 32.1 Å². The van der Waals surface area contributed by atoms with Crippen LogP contribution in [-0.2, 0) is 6.42 Å². The second-order valence-electron chi connectivity index (χ2n) is 14.4. The van der Waals surface area contributed by atoms with Crippen molar-refractivity contribution in [3.8, 4) is 11.1 Å². The van der Waals surface area contributed by atoms with E-state index < -0.39 is 0 Å². The maximum absolute atomic E-state index is 6.58. The van der Waals surface area contributed by atoms with Gasteiger partial charge < -0.3 is 4.42 Å². The Bertz CT molecular complexity index is 2770. The van der Waals surface area contributed by atoms with E-state index in [0.29, 0.717) is 0 Å². The molecule has 0 fully saturated rings. The molecule has 1 aromatic heterocycles. The van der Waals surface area contributed by atoms with Gasteiger partial charge in [0.25, 0.3) is 0 Å². The van der Waals surface area contributed by atoms with Crippen molar-refractivity contribution in [2.24, 2.45) is 15.9 Å². The topological polar surface area (TPSA) is 37.9 Å². The molecule has 0 saturated heterocycles. The van der Waals surface area contributed by atoms with Crippen LogP contribution in [0.3, 0.4) is 0 Å². The third-order valence-electron chi connectivity index (χ3n) is 11.2. The molecule has 2 atom stereocenters. The molecule has 3 heteroatoms. The summed E-state index contributed by atoms with van der Waals surface area (Å²) in [4.78, 5) is 11.0. The molecule has 2 aliphatic rings. The predicted octanol–water partition coefficient (Wildman–Crippen LogP) is 12.8. The van der Waals surface area contributed by atoms with Crippen LogP contribution in [0.2, 0.25) is 0 Å². The van der Waals surface area contributed by atoms with Crippen molar-refractivity contribution in [1.29, 1.82) is 0 Å². The van der Waals surface area contributed by atoms with Crippen LogP contribution in [0.4, 0.5) is 0 Å². The van der Waals surface area contributed by atoms with Crippen molar-refractivity contribution in [3.05, 3.63) is 197 Å². The minimum Gasteiger partial charge on any atom is -0.456 e. The summed E-state index contributed by atoms with van der Waals surface area (Å²) in [6.45, 7) is 2.28. The largest absolute Gasteiger partial charge is 0.456 e. The van der Waals surface area contributed by atoms with Crippen LogP contribution < -0.4 is 0 Å². The molecule has 0 radical (unpaired) electrons. The van der Waals surface area contributed by atoms with Crippen LogP contribution in [0.15, 0.2) is 178 Å². The first-order valence-electron chi connectivity index (χ1n) is 18.7. The average Bonchev–Trinajstić information content (AvgIpc) is 3.51. The summed E-state index contributed by atoms with van der Waals surface area (Å²) in [6.07, 6.45) is 5.11. The summed E-state index contributed by atoms with van der Waals surface area (Å²) in [6, 6.07) is 56.5. The van der Waals surface area contributed by atoms with Gasteiger partial charge in [-0.3, -0.25) is 0 Å². The van der Waals surface area contributed by atoms with Crippen molar-refractivity contribution < 1.29 is 4.42 Å². The van der Waals surface area contributed by atoms with Gasteiger partial charge in [0, 0.05) is 33.7 Å². The maximum atomic E-state index is 6.58. The fraction of sp³-hybridized carbons (Fsp3) is 0.120. The Hall–Kier alpha value is -6.32. The lowest BCUT2D eigenvalue weighted by Crippen LogP contribution is -2.17. The van der Waals surface area contributed by atoms with E-state index in [1.165, 1.54) is 38.6 Å². The van der Waals surface area contributed by atoms with E-state index in [9.17, 15) is 0 Å². The van der Waals surface area contributed by atoms with Crippen LogP contribution >= 0.6 is 0 Å². The minimum absolute atomic E-state index is 0.136. The zero-order valence-electron chi connectivity index (χ0n) is 29.7. The molecule has 254 valence electrons. The molecule has 10 rings (SSSR count). The normalized spacial score (nSPS) is 18.2. The minimum atomic E-state index is 0.136. The van der Waals surface area contributed by atoms with E-state index in [-0.39, 0.29) is 11.8 Å². The van der Waals surface area contributed by atoms with E-state index in [4.69, 9.17) is 14.4 Å². The first kappa shape index (κ1) is 31.4. The molecular formula is C50H38N2O. The number of hydrogen-bond donors (Lipinski definition) is 0. The van der Waals surface area contributed by atoms with Crippen molar-refractivity contribution in [2.75, 3.05) is 0 Å². The van der Waals surface area contributed by atoms with E-state index in [1.54, 1.807) is 0 Å². The Labute approximate surface area is 309 Å². The highest BCUT2D eigenvalue weighted by Crippen LogP contribution is 2.47. The summed E-state index contributed by atoms with van der Waals surface area (Å²) in [5, 5.41) is 4.79. The Morgan fingerprint density at radius 3 is 2.11 bits per heavy atom. The van der Waals surface area contributed by atoms with Crippen molar-refractivity contribution in [1.82, 2.24) is 0 Å². The van der Waals surface area contributed by atoms with Crippen LogP contribution in [-0.4, -0.2) is 11.5 Å². The van der Waals surface area contributed by atoms with Crippen LogP contribution in [0.1, 0.15) is 59.1 Å². The summed E-state index contributed by atoms with van der Waals surface area (Å²) >= 11 is 0. The summed E-state index contributed by atoms with van der Waals surface area (Å²) in [5.74, 6) is 1.03. The molecule has 0 bridgehead atoms. The highest BCUT2D eigenvalue weighted by atomic mass is 16.3. The Balaban J connectivity index is 1.23. The number of aliphatic imine (C=N–C) groups is 2. The zero-order chi connectivity index (χ0) is 35.3. The smallest absolute Gasteiger partial charge is 0.160 e. The van der Waals surface area contributed by atoms with Gasteiger partial charge in [-0.2, -0.15) is 0 Å². The molecule has 0 spiro atoms. The number of hydrogen-bond acceptors (Lipinski definition) is 3. The fourth-order valence-electron chi connectivity index (χ4n) is 8.61. The number of amidine groups is 1. The number of nitrogens with zero attached hydrogens (tertiary/aromatic N) is 2. The number of benzene rings is 7. The molecule has 0 amide bonds.